The van der Waals surface area contributed by atoms with E-state index in [0.29, 0.717) is 5.41 Å². The molecule has 0 spiro atoms. The average molecular weight is 355 g/mol. The summed E-state index contributed by atoms with van der Waals surface area (Å²) in [4.78, 5) is 11.4. The van der Waals surface area contributed by atoms with E-state index in [1.165, 1.54) is 25.7 Å². The SMILES string of the molecule is CCCNc1ncc(Br)c(N2CCC(CC)(CC)CC2)n1. The monoisotopic (exact) mass is 354 g/mol. The van der Waals surface area contributed by atoms with Gasteiger partial charge in [0, 0.05) is 25.8 Å². The van der Waals surface area contributed by atoms with Crippen molar-refractivity contribution >= 4 is 27.7 Å². The Labute approximate surface area is 136 Å². The van der Waals surface area contributed by atoms with Crippen molar-refractivity contribution in [3.63, 3.8) is 0 Å². The largest absolute Gasteiger partial charge is 0.355 e. The fourth-order valence-electron chi connectivity index (χ4n) is 3.05. The number of nitrogens with zero attached hydrogens (tertiary/aromatic N) is 3. The standard InChI is InChI=1S/C16H27BrN4/c1-4-9-18-15-19-12-13(17)14(20-15)21-10-7-16(5-2,6-3)8-11-21/h12H,4-11H2,1-3H3,(H,18,19,20). The molecule has 1 saturated heterocycles. The van der Waals surface area contributed by atoms with Crippen LogP contribution < -0.4 is 10.2 Å². The molecule has 0 aliphatic carbocycles. The minimum atomic E-state index is 0.541. The van der Waals surface area contributed by atoms with Gasteiger partial charge in [0.15, 0.2) is 0 Å². The third-order valence-corrected chi connectivity index (χ3v) is 5.44. The van der Waals surface area contributed by atoms with Crippen LogP contribution in [0.4, 0.5) is 11.8 Å². The molecule has 1 aliphatic heterocycles. The molecule has 21 heavy (non-hydrogen) atoms. The number of halogens is 1. The molecule has 118 valence electrons. The number of aromatic nitrogens is 2. The lowest BCUT2D eigenvalue weighted by Crippen LogP contribution is -2.40. The Balaban J connectivity index is 2.08. The van der Waals surface area contributed by atoms with Gasteiger partial charge in [-0.05, 0) is 40.6 Å². The lowest BCUT2D eigenvalue weighted by atomic mass is 9.74. The maximum absolute atomic E-state index is 4.69. The fraction of sp³-hybridized carbons (Fsp3) is 0.750. The Morgan fingerprint density at radius 3 is 2.48 bits per heavy atom. The molecule has 5 heteroatoms. The molecule has 1 aromatic heterocycles. The Bertz CT molecular complexity index is 450. The van der Waals surface area contributed by atoms with Crippen LogP contribution in [0.3, 0.4) is 0 Å². The summed E-state index contributed by atoms with van der Waals surface area (Å²) in [6.07, 6.45) is 8.02. The van der Waals surface area contributed by atoms with Gasteiger partial charge in [-0.25, -0.2) is 4.98 Å². The van der Waals surface area contributed by atoms with Crippen LogP contribution in [0, 0.1) is 5.41 Å². The van der Waals surface area contributed by atoms with E-state index in [4.69, 9.17) is 0 Å². The van der Waals surface area contributed by atoms with E-state index in [2.05, 4.69) is 56.9 Å². The third-order valence-electron chi connectivity index (χ3n) is 4.88. The van der Waals surface area contributed by atoms with Crippen molar-refractivity contribution in [2.24, 2.45) is 5.41 Å². The highest BCUT2D eigenvalue weighted by atomic mass is 79.9. The van der Waals surface area contributed by atoms with Crippen LogP contribution in [0.2, 0.25) is 0 Å². The zero-order valence-electron chi connectivity index (χ0n) is 13.5. The smallest absolute Gasteiger partial charge is 0.224 e. The van der Waals surface area contributed by atoms with Crippen molar-refractivity contribution in [2.45, 2.75) is 52.9 Å². The molecule has 0 unspecified atom stereocenters. The second-order valence-corrected chi connectivity index (χ2v) is 6.84. The first kappa shape index (κ1) is 16.5. The molecule has 1 aliphatic rings. The first-order chi connectivity index (χ1) is 10.1. The maximum Gasteiger partial charge on any atom is 0.224 e. The van der Waals surface area contributed by atoms with Crippen LogP contribution in [0.5, 0.6) is 0 Å². The van der Waals surface area contributed by atoms with Crippen LogP contribution >= 0.6 is 15.9 Å². The van der Waals surface area contributed by atoms with Crippen molar-refractivity contribution in [1.82, 2.24) is 9.97 Å². The molecular weight excluding hydrogens is 328 g/mol. The second kappa shape index (κ2) is 7.43. The quantitative estimate of drug-likeness (QED) is 0.818. The molecule has 0 aromatic carbocycles. The zero-order valence-corrected chi connectivity index (χ0v) is 15.0. The molecule has 1 aromatic rings. The van der Waals surface area contributed by atoms with Gasteiger partial charge >= 0.3 is 0 Å². The molecule has 0 amide bonds. The normalized spacial score (nSPS) is 17.8. The van der Waals surface area contributed by atoms with Crippen LogP contribution in [0.25, 0.3) is 0 Å². The van der Waals surface area contributed by atoms with Gasteiger partial charge in [0.2, 0.25) is 5.95 Å². The molecule has 2 heterocycles. The zero-order chi connectivity index (χ0) is 15.3. The van der Waals surface area contributed by atoms with Crippen molar-refractivity contribution in [1.29, 1.82) is 0 Å². The van der Waals surface area contributed by atoms with Gasteiger partial charge in [-0.1, -0.05) is 33.6 Å². The number of nitrogens with one attached hydrogen (secondary N) is 1. The summed E-state index contributed by atoms with van der Waals surface area (Å²) in [5.74, 6) is 1.77. The number of hydrogen-bond donors (Lipinski definition) is 1. The summed E-state index contributed by atoms with van der Waals surface area (Å²) in [6, 6.07) is 0. The minimum Gasteiger partial charge on any atom is -0.355 e. The molecule has 0 bridgehead atoms. The number of piperidine rings is 1. The van der Waals surface area contributed by atoms with Gasteiger partial charge < -0.3 is 10.2 Å². The molecule has 0 saturated carbocycles. The highest BCUT2D eigenvalue weighted by Gasteiger charge is 2.32. The highest BCUT2D eigenvalue weighted by molar-refractivity contribution is 9.10. The van der Waals surface area contributed by atoms with Crippen LogP contribution in [-0.2, 0) is 0 Å². The van der Waals surface area contributed by atoms with E-state index in [0.717, 1.165) is 42.3 Å². The summed E-state index contributed by atoms with van der Waals surface area (Å²) < 4.78 is 0.991. The average Bonchev–Trinajstić information content (AvgIpc) is 2.54. The first-order valence-electron chi connectivity index (χ1n) is 8.15. The van der Waals surface area contributed by atoms with E-state index in [1.54, 1.807) is 0 Å². The third kappa shape index (κ3) is 3.87. The fourth-order valence-corrected chi connectivity index (χ4v) is 3.49. The summed E-state index contributed by atoms with van der Waals surface area (Å²) in [7, 11) is 0. The molecule has 0 atom stereocenters. The van der Waals surface area contributed by atoms with Crippen molar-refractivity contribution < 1.29 is 0 Å². The topological polar surface area (TPSA) is 41.1 Å². The summed E-state index contributed by atoms with van der Waals surface area (Å²) in [5, 5.41) is 3.27. The summed E-state index contributed by atoms with van der Waals surface area (Å²) in [6.45, 7) is 9.89. The van der Waals surface area contributed by atoms with Gasteiger partial charge in [0.1, 0.15) is 5.82 Å². The minimum absolute atomic E-state index is 0.541. The molecule has 0 radical (unpaired) electrons. The molecule has 1 fully saturated rings. The van der Waals surface area contributed by atoms with E-state index < -0.39 is 0 Å². The van der Waals surface area contributed by atoms with E-state index >= 15 is 0 Å². The van der Waals surface area contributed by atoms with Gasteiger partial charge in [-0.15, -0.1) is 0 Å². The lowest BCUT2D eigenvalue weighted by Gasteiger charge is -2.41. The van der Waals surface area contributed by atoms with E-state index in [9.17, 15) is 0 Å². The Morgan fingerprint density at radius 1 is 1.24 bits per heavy atom. The number of anilines is 2. The Kier molecular flexibility index (Phi) is 5.85. The van der Waals surface area contributed by atoms with Crippen molar-refractivity contribution in [2.75, 3.05) is 29.9 Å². The Hall–Kier alpha value is -0.840. The highest BCUT2D eigenvalue weighted by Crippen LogP contribution is 2.39. The number of hydrogen-bond acceptors (Lipinski definition) is 4. The van der Waals surface area contributed by atoms with E-state index in [-0.39, 0.29) is 0 Å². The molecule has 4 nitrogen and oxygen atoms in total. The van der Waals surface area contributed by atoms with Gasteiger partial charge in [-0.3, -0.25) is 0 Å². The van der Waals surface area contributed by atoms with E-state index in [1.807, 2.05) is 6.20 Å². The van der Waals surface area contributed by atoms with Gasteiger partial charge in [0.25, 0.3) is 0 Å². The molecule has 1 N–H and O–H groups in total. The van der Waals surface area contributed by atoms with Crippen molar-refractivity contribution in [3.8, 4) is 0 Å². The maximum atomic E-state index is 4.69. The van der Waals surface area contributed by atoms with Gasteiger partial charge in [0.05, 0.1) is 4.47 Å². The van der Waals surface area contributed by atoms with Gasteiger partial charge in [-0.2, -0.15) is 4.98 Å². The predicted molar refractivity (Wildman–Crippen MR) is 93.0 cm³/mol. The number of rotatable bonds is 6. The Morgan fingerprint density at radius 2 is 1.90 bits per heavy atom. The molecular formula is C16H27BrN4. The predicted octanol–water partition coefficient (Wildman–Crippen LogP) is 4.47. The van der Waals surface area contributed by atoms with Crippen molar-refractivity contribution in [3.05, 3.63) is 10.7 Å². The summed E-state index contributed by atoms with van der Waals surface area (Å²) in [5.41, 5.74) is 0.541. The van der Waals surface area contributed by atoms with Crippen LogP contribution in [-0.4, -0.2) is 29.6 Å². The lowest BCUT2D eigenvalue weighted by molar-refractivity contribution is 0.199. The van der Waals surface area contributed by atoms with Crippen LogP contribution in [0.15, 0.2) is 10.7 Å². The molecule has 2 rings (SSSR count). The summed E-state index contributed by atoms with van der Waals surface area (Å²) >= 11 is 3.60. The first-order valence-corrected chi connectivity index (χ1v) is 8.94. The van der Waals surface area contributed by atoms with Crippen LogP contribution in [0.1, 0.15) is 52.9 Å². The second-order valence-electron chi connectivity index (χ2n) is 5.99.